The Morgan fingerprint density at radius 2 is 1.54 bits per heavy atom. The molecule has 0 radical (unpaired) electrons. The molecular formula is C23H24N2O2S. The molecule has 0 saturated carbocycles. The molecule has 1 aliphatic heterocycles. The first kappa shape index (κ1) is 18.8. The van der Waals surface area contributed by atoms with Crippen molar-refractivity contribution in [1.29, 1.82) is 0 Å². The largest absolute Gasteiger partial charge is 0.265 e. The fraction of sp³-hybridized carbons (Fsp3) is 0.261. The highest BCUT2D eigenvalue weighted by Gasteiger charge is 2.30. The highest BCUT2D eigenvalue weighted by molar-refractivity contribution is 7.89. The second-order valence-corrected chi connectivity index (χ2v) is 9.41. The molecule has 0 spiro atoms. The van der Waals surface area contributed by atoms with Crippen molar-refractivity contribution in [3.8, 4) is 11.1 Å². The third kappa shape index (κ3) is 3.36. The monoisotopic (exact) mass is 392 g/mol. The number of hydrogen-bond donors (Lipinski definition) is 0. The summed E-state index contributed by atoms with van der Waals surface area (Å²) in [6, 6.07) is 14.2. The molecule has 5 heteroatoms. The van der Waals surface area contributed by atoms with E-state index in [1.54, 1.807) is 16.7 Å². The average molecular weight is 393 g/mol. The number of pyridine rings is 1. The van der Waals surface area contributed by atoms with Gasteiger partial charge in [-0.3, -0.25) is 4.98 Å². The molecule has 0 saturated heterocycles. The molecule has 0 aliphatic carbocycles. The number of sulfonamides is 1. The van der Waals surface area contributed by atoms with Gasteiger partial charge in [0.25, 0.3) is 0 Å². The lowest BCUT2D eigenvalue weighted by atomic mass is 9.96. The summed E-state index contributed by atoms with van der Waals surface area (Å²) >= 11 is 0. The lowest BCUT2D eigenvalue weighted by Crippen LogP contribution is -2.36. The van der Waals surface area contributed by atoms with E-state index in [-0.39, 0.29) is 0 Å². The summed E-state index contributed by atoms with van der Waals surface area (Å²) in [5, 5.41) is 0. The van der Waals surface area contributed by atoms with E-state index in [1.807, 2.05) is 45.0 Å². The van der Waals surface area contributed by atoms with E-state index < -0.39 is 10.0 Å². The second kappa shape index (κ2) is 7.15. The molecule has 0 N–H and O–H groups in total. The Balaban J connectivity index is 1.66. The van der Waals surface area contributed by atoms with Crippen molar-refractivity contribution in [1.82, 2.24) is 9.29 Å². The molecular weight excluding hydrogens is 368 g/mol. The highest BCUT2D eigenvalue weighted by Crippen LogP contribution is 2.31. The molecule has 0 unspecified atom stereocenters. The van der Waals surface area contributed by atoms with Crippen LogP contribution < -0.4 is 0 Å². The molecule has 0 atom stereocenters. The predicted octanol–water partition coefficient (Wildman–Crippen LogP) is 4.42. The van der Waals surface area contributed by atoms with Crippen LogP contribution in [0.5, 0.6) is 0 Å². The Labute approximate surface area is 166 Å². The Hall–Kier alpha value is -2.50. The van der Waals surface area contributed by atoms with Gasteiger partial charge in [0.1, 0.15) is 0 Å². The zero-order valence-corrected chi connectivity index (χ0v) is 17.3. The predicted molar refractivity (Wildman–Crippen MR) is 112 cm³/mol. The SMILES string of the molecule is Cc1cc(C)c(S(=O)(=O)N2CCc3cc(-c4ccncc4)ccc3C2)c(C)c1. The average Bonchev–Trinajstić information content (AvgIpc) is 2.66. The van der Waals surface area contributed by atoms with Crippen LogP contribution in [0.2, 0.25) is 0 Å². The van der Waals surface area contributed by atoms with Gasteiger partial charge in [0.15, 0.2) is 0 Å². The topological polar surface area (TPSA) is 50.3 Å². The third-order valence-corrected chi connectivity index (χ3v) is 7.55. The van der Waals surface area contributed by atoms with E-state index in [0.717, 1.165) is 39.8 Å². The molecule has 28 heavy (non-hydrogen) atoms. The first-order valence-electron chi connectivity index (χ1n) is 9.46. The van der Waals surface area contributed by atoms with Crippen molar-refractivity contribution in [2.24, 2.45) is 0 Å². The maximum absolute atomic E-state index is 13.4. The Morgan fingerprint density at radius 1 is 0.857 bits per heavy atom. The molecule has 4 rings (SSSR count). The maximum atomic E-state index is 13.4. The van der Waals surface area contributed by atoms with Crippen LogP contribution in [0.1, 0.15) is 27.8 Å². The van der Waals surface area contributed by atoms with Gasteiger partial charge < -0.3 is 0 Å². The molecule has 0 amide bonds. The summed E-state index contributed by atoms with van der Waals surface area (Å²) in [6.07, 6.45) is 4.29. The van der Waals surface area contributed by atoms with Gasteiger partial charge in [0.2, 0.25) is 10.0 Å². The van der Waals surface area contributed by atoms with Crippen molar-refractivity contribution in [2.45, 2.75) is 38.6 Å². The highest BCUT2D eigenvalue weighted by atomic mass is 32.2. The summed E-state index contributed by atoms with van der Waals surface area (Å²) in [5.41, 5.74) is 7.28. The van der Waals surface area contributed by atoms with Gasteiger partial charge in [-0.25, -0.2) is 8.42 Å². The minimum Gasteiger partial charge on any atom is -0.265 e. The molecule has 1 aliphatic rings. The number of hydrogen-bond acceptors (Lipinski definition) is 3. The van der Waals surface area contributed by atoms with Gasteiger partial charge in [-0.2, -0.15) is 4.31 Å². The minimum absolute atomic E-state index is 0.418. The third-order valence-electron chi connectivity index (χ3n) is 5.40. The number of aromatic nitrogens is 1. The lowest BCUT2D eigenvalue weighted by Gasteiger charge is -2.29. The van der Waals surface area contributed by atoms with Gasteiger partial charge in [0.05, 0.1) is 4.90 Å². The quantitative estimate of drug-likeness (QED) is 0.663. The summed E-state index contributed by atoms with van der Waals surface area (Å²) < 4.78 is 28.3. The van der Waals surface area contributed by atoms with Crippen LogP contribution >= 0.6 is 0 Å². The van der Waals surface area contributed by atoms with E-state index in [4.69, 9.17) is 0 Å². The van der Waals surface area contributed by atoms with Crippen molar-refractivity contribution in [3.05, 3.63) is 82.7 Å². The molecule has 4 nitrogen and oxygen atoms in total. The van der Waals surface area contributed by atoms with E-state index in [1.165, 1.54) is 5.56 Å². The van der Waals surface area contributed by atoms with E-state index >= 15 is 0 Å². The fourth-order valence-corrected chi connectivity index (χ4v) is 5.99. The van der Waals surface area contributed by atoms with E-state index in [9.17, 15) is 8.42 Å². The molecule has 2 heterocycles. The second-order valence-electron chi connectivity index (χ2n) is 7.54. The van der Waals surface area contributed by atoms with Crippen LogP contribution in [-0.2, 0) is 23.0 Å². The van der Waals surface area contributed by atoms with Crippen LogP contribution in [0, 0.1) is 20.8 Å². The number of rotatable bonds is 3. The summed E-state index contributed by atoms with van der Waals surface area (Å²) in [5.74, 6) is 0. The van der Waals surface area contributed by atoms with E-state index in [0.29, 0.717) is 18.0 Å². The number of aryl methyl sites for hydroxylation is 3. The van der Waals surface area contributed by atoms with Gasteiger partial charge in [0, 0.05) is 25.5 Å². The lowest BCUT2D eigenvalue weighted by molar-refractivity contribution is 0.391. The summed E-state index contributed by atoms with van der Waals surface area (Å²) in [4.78, 5) is 4.52. The summed E-state index contributed by atoms with van der Waals surface area (Å²) in [6.45, 7) is 6.68. The van der Waals surface area contributed by atoms with Crippen molar-refractivity contribution in [3.63, 3.8) is 0 Å². The molecule has 2 aromatic carbocycles. The number of fused-ring (bicyclic) bond motifs is 1. The van der Waals surface area contributed by atoms with Gasteiger partial charge in [-0.05, 0) is 72.7 Å². The zero-order valence-electron chi connectivity index (χ0n) is 16.4. The van der Waals surface area contributed by atoms with Crippen molar-refractivity contribution in [2.75, 3.05) is 6.54 Å². The smallest absolute Gasteiger partial charge is 0.243 e. The zero-order chi connectivity index (χ0) is 19.9. The van der Waals surface area contributed by atoms with Gasteiger partial charge in [-0.1, -0.05) is 35.9 Å². The first-order valence-corrected chi connectivity index (χ1v) is 10.9. The van der Waals surface area contributed by atoms with Crippen molar-refractivity contribution < 1.29 is 8.42 Å². The normalized spacial score (nSPS) is 14.7. The number of nitrogens with zero attached hydrogens (tertiary/aromatic N) is 2. The molecule has 3 aromatic rings. The van der Waals surface area contributed by atoms with E-state index in [2.05, 4.69) is 23.2 Å². The Morgan fingerprint density at radius 3 is 2.21 bits per heavy atom. The fourth-order valence-electron chi connectivity index (χ4n) is 4.16. The van der Waals surface area contributed by atoms with Crippen molar-refractivity contribution >= 4 is 10.0 Å². The van der Waals surface area contributed by atoms with Crippen LogP contribution in [0.15, 0.2) is 59.8 Å². The standard InChI is InChI=1S/C23H24N2O2S/c1-16-12-17(2)23(18(3)13-16)28(26,27)25-11-8-21-14-20(4-5-22(21)15-25)19-6-9-24-10-7-19/h4-7,9-10,12-14H,8,11,15H2,1-3H3. The van der Waals surface area contributed by atoms with Crippen LogP contribution in [0.3, 0.4) is 0 Å². The first-order chi connectivity index (χ1) is 13.4. The maximum Gasteiger partial charge on any atom is 0.243 e. The Bertz CT molecular complexity index is 1120. The molecule has 0 bridgehead atoms. The molecule has 0 fully saturated rings. The molecule has 1 aromatic heterocycles. The van der Waals surface area contributed by atoms with Crippen LogP contribution in [0.25, 0.3) is 11.1 Å². The minimum atomic E-state index is -3.52. The van der Waals surface area contributed by atoms with Crippen LogP contribution in [0.4, 0.5) is 0 Å². The van der Waals surface area contributed by atoms with Gasteiger partial charge in [-0.15, -0.1) is 0 Å². The summed E-state index contributed by atoms with van der Waals surface area (Å²) in [7, 11) is -3.52. The van der Waals surface area contributed by atoms with Crippen LogP contribution in [-0.4, -0.2) is 24.3 Å². The van der Waals surface area contributed by atoms with Gasteiger partial charge >= 0.3 is 0 Å². The Kier molecular flexibility index (Phi) is 4.81. The number of benzene rings is 2. The molecule has 144 valence electrons.